The van der Waals surface area contributed by atoms with Crippen LogP contribution in [0, 0.1) is 34.0 Å². The molecule has 0 amide bonds. The molecular formula is C46H29N5. The lowest BCUT2D eigenvalue weighted by atomic mass is 9.92. The third-order valence-electron chi connectivity index (χ3n) is 10.2. The van der Waals surface area contributed by atoms with Crippen LogP contribution in [-0.2, 0) is 12.8 Å². The molecule has 0 saturated heterocycles. The molecule has 5 nitrogen and oxygen atoms in total. The quantitative estimate of drug-likeness (QED) is 0.190. The van der Waals surface area contributed by atoms with Crippen LogP contribution < -0.4 is 4.90 Å². The van der Waals surface area contributed by atoms with Crippen LogP contribution in [0.5, 0.6) is 0 Å². The summed E-state index contributed by atoms with van der Waals surface area (Å²) in [6, 6.07) is 52.7. The zero-order valence-electron chi connectivity index (χ0n) is 27.6. The lowest BCUT2D eigenvalue weighted by Crippen LogP contribution is -2.19. The number of rotatable bonds is 4. The molecule has 0 radical (unpaired) electrons. The third kappa shape index (κ3) is 4.90. The van der Waals surface area contributed by atoms with E-state index in [0.29, 0.717) is 11.1 Å². The molecule has 0 bridgehead atoms. The number of fused-ring (bicyclic) bond motifs is 5. The van der Waals surface area contributed by atoms with Crippen molar-refractivity contribution in [1.82, 2.24) is 4.57 Å². The first-order chi connectivity index (χ1) is 25.1. The van der Waals surface area contributed by atoms with E-state index in [0.717, 1.165) is 92.2 Å². The fourth-order valence-electron chi connectivity index (χ4n) is 7.85. The predicted octanol–water partition coefficient (Wildman–Crippen LogP) is 10.9. The van der Waals surface area contributed by atoms with Crippen molar-refractivity contribution in [3.63, 3.8) is 0 Å². The molecule has 0 fully saturated rings. The molecule has 5 heteroatoms. The van der Waals surface area contributed by atoms with E-state index >= 15 is 0 Å². The lowest BCUT2D eigenvalue weighted by molar-refractivity contribution is 0.940. The van der Waals surface area contributed by atoms with Gasteiger partial charge in [-0.2, -0.15) is 15.8 Å². The molecule has 1 aliphatic carbocycles. The van der Waals surface area contributed by atoms with E-state index in [1.54, 1.807) is 0 Å². The summed E-state index contributed by atoms with van der Waals surface area (Å²) in [7, 11) is 0. The molecular weight excluding hydrogens is 623 g/mol. The average molecular weight is 652 g/mol. The van der Waals surface area contributed by atoms with Gasteiger partial charge in [0, 0.05) is 34.3 Å². The van der Waals surface area contributed by atoms with E-state index in [4.69, 9.17) is 0 Å². The van der Waals surface area contributed by atoms with E-state index < -0.39 is 0 Å². The van der Waals surface area contributed by atoms with E-state index in [1.165, 1.54) is 10.9 Å². The first-order valence-corrected chi connectivity index (χ1v) is 17.0. The molecule has 2 aliphatic rings. The Balaban J connectivity index is 1.15. The summed E-state index contributed by atoms with van der Waals surface area (Å²) in [6.07, 6.45) is 4.37. The van der Waals surface area contributed by atoms with Crippen LogP contribution in [0.25, 0.3) is 44.9 Å². The summed E-state index contributed by atoms with van der Waals surface area (Å²) < 4.78 is 2.31. The number of allylic oxidation sites excluding steroid dienone is 1. The highest BCUT2D eigenvalue weighted by Gasteiger charge is 2.27. The van der Waals surface area contributed by atoms with Gasteiger partial charge in [0.2, 0.25) is 0 Å². The second-order valence-electron chi connectivity index (χ2n) is 13.0. The van der Waals surface area contributed by atoms with Gasteiger partial charge in [0.1, 0.15) is 6.07 Å². The normalized spacial score (nSPS) is 12.9. The topological polar surface area (TPSA) is 79.5 Å². The second-order valence-corrected chi connectivity index (χ2v) is 13.0. The Labute approximate surface area is 296 Å². The highest BCUT2D eigenvalue weighted by Crippen LogP contribution is 2.46. The summed E-state index contributed by atoms with van der Waals surface area (Å²) in [4.78, 5) is 2.15. The zero-order valence-corrected chi connectivity index (χ0v) is 27.6. The highest BCUT2D eigenvalue weighted by atomic mass is 15.2. The molecule has 0 N–H and O–H groups in total. The predicted molar refractivity (Wildman–Crippen MR) is 203 cm³/mol. The Kier molecular flexibility index (Phi) is 7.10. The zero-order chi connectivity index (χ0) is 34.5. The van der Waals surface area contributed by atoms with Crippen molar-refractivity contribution in [3.05, 3.63) is 173 Å². The molecule has 0 spiro atoms. The molecule has 0 atom stereocenters. The summed E-state index contributed by atoms with van der Waals surface area (Å²) in [5.41, 5.74) is 15.6. The number of para-hydroxylation sites is 3. The SMILES string of the molecule is N#CC1=Cc2c(c3ccccc3n2-c2ccccc2-c2cccc(-c3ccc(N4c5ccccc5Cc5cc(C#N)ccc54)c(C#N)c3)c2)CC1. The number of anilines is 3. The van der Waals surface area contributed by atoms with Crippen LogP contribution in [0.15, 0.2) is 139 Å². The molecule has 0 unspecified atom stereocenters. The van der Waals surface area contributed by atoms with Crippen LogP contribution in [0.4, 0.5) is 17.1 Å². The third-order valence-corrected chi connectivity index (χ3v) is 10.2. The number of benzene rings is 6. The number of aromatic nitrogens is 1. The maximum Gasteiger partial charge on any atom is 0.101 e. The molecule has 2 heterocycles. The van der Waals surface area contributed by atoms with E-state index in [9.17, 15) is 15.8 Å². The van der Waals surface area contributed by atoms with Crippen molar-refractivity contribution >= 4 is 34.0 Å². The van der Waals surface area contributed by atoms with Gasteiger partial charge in [-0.3, -0.25) is 0 Å². The Morgan fingerprint density at radius 3 is 2.14 bits per heavy atom. The van der Waals surface area contributed by atoms with Crippen molar-refractivity contribution in [2.75, 3.05) is 4.90 Å². The Morgan fingerprint density at radius 1 is 0.529 bits per heavy atom. The molecule has 9 rings (SSSR count). The van der Waals surface area contributed by atoms with Crippen molar-refractivity contribution in [2.24, 2.45) is 0 Å². The maximum absolute atomic E-state index is 10.5. The van der Waals surface area contributed by atoms with Crippen LogP contribution >= 0.6 is 0 Å². The number of hydrogen-bond donors (Lipinski definition) is 0. The van der Waals surface area contributed by atoms with Crippen LogP contribution in [0.2, 0.25) is 0 Å². The number of hydrogen-bond acceptors (Lipinski definition) is 4. The van der Waals surface area contributed by atoms with Crippen molar-refractivity contribution < 1.29 is 0 Å². The summed E-state index contributed by atoms with van der Waals surface area (Å²) in [5.74, 6) is 0. The Morgan fingerprint density at radius 2 is 1.27 bits per heavy atom. The minimum absolute atomic E-state index is 0.566. The van der Waals surface area contributed by atoms with Crippen LogP contribution in [0.3, 0.4) is 0 Å². The molecule has 0 saturated carbocycles. The van der Waals surface area contributed by atoms with Gasteiger partial charge in [-0.1, -0.05) is 78.9 Å². The van der Waals surface area contributed by atoms with Gasteiger partial charge in [-0.15, -0.1) is 0 Å². The second kappa shape index (κ2) is 12.1. The fourth-order valence-corrected chi connectivity index (χ4v) is 7.85. The van der Waals surface area contributed by atoms with Gasteiger partial charge in [0.05, 0.1) is 45.9 Å². The summed E-state index contributed by atoms with van der Waals surface area (Å²) in [5, 5.41) is 31.1. The minimum atomic E-state index is 0.566. The largest absolute Gasteiger partial charge is 0.309 e. The standard InChI is InChI=1S/C46H29N5/c47-27-30-17-20-42-36(22-30)26-35-8-1-4-13-41(35)50(42)43-21-18-33(25-37(43)29-49)32-9-7-10-34(24-32)38-11-2-5-14-44(38)51-45-15-6-3-12-39(45)40-19-16-31(28-48)23-46(40)51/h1-15,17-18,20-25H,16,19,26H2. The molecule has 1 aromatic heterocycles. The fraction of sp³-hybridized carbons (Fsp3) is 0.0652. The molecule has 6 aromatic carbocycles. The first kappa shape index (κ1) is 30.0. The maximum atomic E-state index is 10.5. The van der Waals surface area contributed by atoms with Gasteiger partial charge in [0.25, 0.3) is 0 Å². The van der Waals surface area contributed by atoms with Gasteiger partial charge in [0.15, 0.2) is 0 Å². The highest BCUT2D eigenvalue weighted by molar-refractivity contribution is 5.93. The molecule has 1 aliphatic heterocycles. The van der Waals surface area contributed by atoms with E-state index in [2.05, 4.69) is 125 Å². The van der Waals surface area contributed by atoms with Crippen molar-refractivity contribution in [1.29, 1.82) is 15.8 Å². The summed E-state index contributed by atoms with van der Waals surface area (Å²) in [6.45, 7) is 0. The van der Waals surface area contributed by atoms with Crippen LogP contribution in [0.1, 0.15) is 39.9 Å². The number of nitriles is 3. The molecule has 238 valence electrons. The Hall–Kier alpha value is -7.13. The van der Waals surface area contributed by atoms with Crippen LogP contribution in [-0.4, -0.2) is 4.57 Å². The van der Waals surface area contributed by atoms with E-state index in [-0.39, 0.29) is 0 Å². The van der Waals surface area contributed by atoms with Gasteiger partial charge in [-0.25, -0.2) is 0 Å². The van der Waals surface area contributed by atoms with Gasteiger partial charge in [-0.05, 0) is 107 Å². The first-order valence-electron chi connectivity index (χ1n) is 17.0. The van der Waals surface area contributed by atoms with Crippen molar-refractivity contribution in [2.45, 2.75) is 19.3 Å². The van der Waals surface area contributed by atoms with Gasteiger partial charge >= 0.3 is 0 Å². The average Bonchev–Trinajstić information content (AvgIpc) is 3.53. The van der Waals surface area contributed by atoms with Gasteiger partial charge < -0.3 is 9.47 Å². The lowest BCUT2D eigenvalue weighted by Gasteiger charge is -2.34. The number of nitrogens with zero attached hydrogens (tertiary/aromatic N) is 5. The summed E-state index contributed by atoms with van der Waals surface area (Å²) >= 11 is 0. The van der Waals surface area contributed by atoms with Crippen molar-refractivity contribution in [3.8, 4) is 46.1 Å². The monoisotopic (exact) mass is 651 g/mol. The smallest absolute Gasteiger partial charge is 0.101 e. The molecule has 7 aromatic rings. The van der Waals surface area contributed by atoms with E-state index in [1.807, 2.05) is 42.5 Å². The Bertz CT molecular complexity index is 2720. The minimum Gasteiger partial charge on any atom is -0.309 e. The number of aryl methyl sites for hydroxylation is 1. The molecule has 51 heavy (non-hydrogen) atoms.